The van der Waals surface area contributed by atoms with Gasteiger partial charge in [0.05, 0.1) is 6.54 Å². The first kappa shape index (κ1) is 18.6. The van der Waals surface area contributed by atoms with Gasteiger partial charge in [0.2, 0.25) is 0 Å². The Kier molecular flexibility index (Phi) is 5.65. The second-order valence-corrected chi connectivity index (χ2v) is 7.91. The lowest BCUT2D eigenvalue weighted by molar-refractivity contribution is 0.392. The van der Waals surface area contributed by atoms with Crippen molar-refractivity contribution in [1.82, 2.24) is 40.2 Å². The molecular weight excluding hydrogens is 374 g/mol. The minimum Gasteiger partial charge on any atom is -0.356 e. The van der Waals surface area contributed by atoms with Crippen molar-refractivity contribution in [3.63, 3.8) is 0 Å². The van der Waals surface area contributed by atoms with Crippen LogP contribution in [-0.2, 0) is 33.0 Å². The van der Waals surface area contributed by atoms with Gasteiger partial charge in [-0.05, 0) is 31.2 Å². The summed E-state index contributed by atoms with van der Waals surface area (Å²) in [5.41, 5.74) is 0. The zero-order chi connectivity index (χ0) is 19.3. The quantitative estimate of drug-likeness (QED) is 0.475. The fraction of sp³-hybridized carbons (Fsp3) is 0.500. The summed E-state index contributed by atoms with van der Waals surface area (Å²) in [4.78, 5) is 10.4. The van der Waals surface area contributed by atoms with Gasteiger partial charge in [0, 0.05) is 30.9 Å². The molecule has 10 heteroatoms. The van der Waals surface area contributed by atoms with Gasteiger partial charge >= 0.3 is 0 Å². The van der Waals surface area contributed by atoms with Crippen LogP contribution in [-0.4, -0.2) is 48.1 Å². The zero-order valence-corrected chi connectivity index (χ0v) is 17.0. The number of nitrogens with zero attached hydrogens (tertiary/aromatic N) is 7. The van der Waals surface area contributed by atoms with E-state index in [1.54, 1.807) is 17.7 Å². The molecule has 3 aromatic rings. The molecule has 9 nitrogen and oxygen atoms in total. The Morgan fingerprint density at radius 2 is 2.32 bits per heavy atom. The molecule has 1 aliphatic rings. The van der Waals surface area contributed by atoms with Crippen LogP contribution in [0.1, 0.15) is 28.8 Å². The van der Waals surface area contributed by atoms with Crippen LogP contribution in [0.5, 0.6) is 0 Å². The molecule has 148 valence electrons. The Balaban J connectivity index is 1.41. The second kappa shape index (κ2) is 8.51. The summed E-state index contributed by atoms with van der Waals surface area (Å²) in [6.45, 7) is 4.04. The molecule has 1 atom stereocenters. The van der Waals surface area contributed by atoms with Crippen molar-refractivity contribution in [2.24, 2.45) is 12.0 Å². The number of nitrogens with one attached hydrogen (secondary N) is 2. The molecule has 1 aliphatic heterocycles. The summed E-state index contributed by atoms with van der Waals surface area (Å²) < 4.78 is 3.94. The van der Waals surface area contributed by atoms with Gasteiger partial charge in [-0.2, -0.15) is 5.10 Å². The zero-order valence-electron chi connectivity index (χ0n) is 16.2. The Labute approximate surface area is 167 Å². The van der Waals surface area contributed by atoms with Crippen molar-refractivity contribution in [2.45, 2.75) is 45.3 Å². The van der Waals surface area contributed by atoms with Gasteiger partial charge in [-0.25, -0.2) is 14.7 Å². The molecule has 0 spiro atoms. The molecule has 0 aliphatic carbocycles. The molecule has 0 saturated carbocycles. The summed E-state index contributed by atoms with van der Waals surface area (Å²) in [5.74, 6) is 3.58. The molecule has 0 amide bonds. The average Bonchev–Trinajstić information content (AvgIpc) is 3.43. The van der Waals surface area contributed by atoms with Gasteiger partial charge in [0.1, 0.15) is 24.5 Å². The van der Waals surface area contributed by atoms with Crippen molar-refractivity contribution in [3.05, 3.63) is 46.2 Å². The molecule has 0 aromatic carbocycles. The Hall–Kier alpha value is -2.75. The number of aryl methyl sites for hydroxylation is 2. The number of aromatic nitrogens is 6. The normalized spacial score (nSPS) is 16.8. The van der Waals surface area contributed by atoms with E-state index in [1.807, 2.05) is 23.2 Å². The molecule has 0 fully saturated rings. The molecule has 3 aromatic heterocycles. The van der Waals surface area contributed by atoms with E-state index in [4.69, 9.17) is 4.99 Å². The van der Waals surface area contributed by atoms with E-state index in [0.29, 0.717) is 6.54 Å². The smallest absolute Gasteiger partial charge is 0.192 e. The molecule has 0 bridgehead atoms. The number of hydrogen-bond donors (Lipinski definition) is 2. The fourth-order valence-electron chi connectivity index (χ4n) is 3.20. The third kappa shape index (κ3) is 4.38. The highest BCUT2D eigenvalue weighted by molar-refractivity contribution is 7.09. The summed E-state index contributed by atoms with van der Waals surface area (Å²) >= 11 is 1.78. The molecule has 4 rings (SSSR count). The fourth-order valence-corrected chi connectivity index (χ4v) is 3.91. The summed E-state index contributed by atoms with van der Waals surface area (Å²) in [6.07, 6.45) is 4.53. The lowest BCUT2D eigenvalue weighted by Gasteiger charge is -2.25. The topological polar surface area (TPSA) is 97.8 Å². The highest BCUT2D eigenvalue weighted by Crippen LogP contribution is 2.12. The molecule has 1 unspecified atom stereocenters. The maximum Gasteiger partial charge on any atom is 0.192 e. The van der Waals surface area contributed by atoms with Crippen LogP contribution in [0, 0.1) is 6.92 Å². The summed E-state index contributed by atoms with van der Waals surface area (Å²) in [5, 5.41) is 21.8. The van der Waals surface area contributed by atoms with Gasteiger partial charge in [0.15, 0.2) is 11.8 Å². The van der Waals surface area contributed by atoms with Crippen molar-refractivity contribution in [2.75, 3.05) is 6.54 Å². The Bertz CT molecular complexity index is 925. The second-order valence-electron chi connectivity index (χ2n) is 6.88. The third-order valence-electron chi connectivity index (χ3n) is 4.95. The van der Waals surface area contributed by atoms with Crippen molar-refractivity contribution in [3.8, 4) is 0 Å². The van der Waals surface area contributed by atoms with Gasteiger partial charge < -0.3 is 15.2 Å². The van der Waals surface area contributed by atoms with Crippen LogP contribution < -0.4 is 10.6 Å². The van der Waals surface area contributed by atoms with Crippen molar-refractivity contribution < 1.29 is 0 Å². The maximum absolute atomic E-state index is 4.75. The predicted molar refractivity (Wildman–Crippen MR) is 108 cm³/mol. The van der Waals surface area contributed by atoms with Crippen LogP contribution in [0.15, 0.2) is 28.8 Å². The van der Waals surface area contributed by atoms with E-state index in [2.05, 4.69) is 48.4 Å². The first-order valence-corrected chi connectivity index (χ1v) is 10.4. The number of rotatable bonds is 6. The van der Waals surface area contributed by atoms with Crippen LogP contribution >= 0.6 is 11.3 Å². The number of thiophene rings is 1. The van der Waals surface area contributed by atoms with Crippen LogP contribution in [0.4, 0.5) is 0 Å². The first-order valence-electron chi connectivity index (χ1n) is 9.48. The number of aliphatic imine (C=N–C) groups is 1. The third-order valence-corrected chi connectivity index (χ3v) is 5.89. The first-order chi connectivity index (χ1) is 13.7. The van der Waals surface area contributed by atoms with Crippen LogP contribution in [0.25, 0.3) is 0 Å². The van der Waals surface area contributed by atoms with E-state index < -0.39 is 0 Å². The van der Waals surface area contributed by atoms with Crippen molar-refractivity contribution >= 4 is 17.3 Å². The van der Waals surface area contributed by atoms with Gasteiger partial charge in [-0.3, -0.25) is 0 Å². The molecule has 2 N–H and O–H groups in total. The monoisotopic (exact) mass is 399 g/mol. The van der Waals surface area contributed by atoms with Gasteiger partial charge in [0.25, 0.3) is 0 Å². The highest BCUT2D eigenvalue weighted by Gasteiger charge is 2.20. The largest absolute Gasteiger partial charge is 0.356 e. The lowest BCUT2D eigenvalue weighted by atomic mass is 10.1. The molecule has 4 heterocycles. The minimum atomic E-state index is 0.267. The Morgan fingerprint density at radius 3 is 3.11 bits per heavy atom. The van der Waals surface area contributed by atoms with Crippen molar-refractivity contribution in [1.29, 1.82) is 0 Å². The van der Waals surface area contributed by atoms with Crippen LogP contribution in [0.3, 0.4) is 0 Å². The summed E-state index contributed by atoms with van der Waals surface area (Å²) in [6, 6.07) is 4.51. The standard InChI is InChI=1S/C18H25N9S/c1-13-24-25-17(26(13)2)10-20-18(19-8-7-15-4-3-9-28-15)23-14-5-6-16-21-12-22-27(16)11-14/h3-4,9,12,14H,5-8,10-11H2,1-2H3,(H2,19,20,23). The molecule has 0 radical (unpaired) electrons. The molecular formula is C18H25N9S. The highest BCUT2D eigenvalue weighted by atomic mass is 32.1. The van der Waals surface area contributed by atoms with Gasteiger partial charge in [-0.1, -0.05) is 6.07 Å². The maximum atomic E-state index is 4.75. The number of hydrogen-bond acceptors (Lipinski definition) is 6. The summed E-state index contributed by atoms with van der Waals surface area (Å²) in [7, 11) is 1.96. The van der Waals surface area contributed by atoms with E-state index in [9.17, 15) is 0 Å². The number of guanidine groups is 1. The lowest BCUT2D eigenvalue weighted by Crippen LogP contribution is -2.47. The number of fused-ring (bicyclic) bond motifs is 1. The predicted octanol–water partition coefficient (Wildman–Crippen LogP) is 1.07. The molecule has 0 saturated heterocycles. The SMILES string of the molecule is Cc1nnc(CN=C(NCCc2cccs2)NC2CCc3ncnn3C2)n1C. The molecule has 28 heavy (non-hydrogen) atoms. The Morgan fingerprint density at radius 1 is 1.39 bits per heavy atom. The van der Waals surface area contributed by atoms with E-state index in [1.165, 1.54) is 4.88 Å². The minimum absolute atomic E-state index is 0.267. The van der Waals surface area contributed by atoms with E-state index in [0.717, 1.165) is 55.8 Å². The van der Waals surface area contributed by atoms with Crippen LogP contribution in [0.2, 0.25) is 0 Å². The van der Waals surface area contributed by atoms with E-state index >= 15 is 0 Å². The van der Waals surface area contributed by atoms with Gasteiger partial charge in [-0.15, -0.1) is 21.5 Å². The average molecular weight is 400 g/mol. The van der Waals surface area contributed by atoms with E-state index in [-0.39, 0.29) is 6.04 Å².